The van der Waals surface area contributed by atoms with Gasteiger partial charge in [-0.2, -0.15) is 0 Å². The van der Waals surface area contributed by atoms with E-state index in [1.54, 1.807) is 42.5 Å². The average Bonchev–Trinajstić information content (AvgIpc) is 2.78. The van der Waals surface area contributed by atoms with E-state index in [4.69, 9.17) is 10.8 Å². The first-order chi connectivity index (χ1) is 15.8. The Morgan fingerprint density at radius 1 is 1.09 bits per heavy atom. The predicted octanol–water partition coefficient (Wildman–Crippen LogP) is 0.731. The molecule has 172 valence electrons. The molecule has 0 unspecified atom stereocenters. The molecule has 10 nitrogen and oxygen atoms in total. The van der Waals surface area contributed by atoms with Gasteiger partial charge in [0.1, 0.15) is 17.9 Å². The molecule has 0 spiro atoms. The number of aromatic hydroxyl groups is 1. The molecule has 1 aromatic carbocycles. The average molecular weight is 452 g/mol. The van der Waals surface area contributed by atoms with Crippen LogP contribution in [0.25, 0.3) is 0 Å². The number of nitrogens with two attached hydrogens (primary N) is 1. The number of aromatic nitrogens is 1. The second-order valence-electron chi connectivity index (χ2n) is 6.78. The number of nitrogens with zero attached hydrogens (tertiary/aromatic N) is 1. The lowest BCUT2D eigenvalue weighted by Crippen LogP contribution is -2.37. The van der Waals surface area contributed by atoms with E-state index in [-0.39, 0.29) is 18.7 Å². The summed E-state index contributed by atoms with van der Waals surface area (Å²) in [6, 6.07) is 8.79. The number of carboxylic acids is 1. The number of carbonyl (C=O) groups excluding carboxylic acids is 2. The highest BCUT2D eigenvalue weighted by molar-refractivity contribution is 6.04. The third-order valence-corrected chi connectivity index (χ3v) is 4.41. The Hall–Kier alpha value is -4.60. The molecule has 1 aromatic heterocycles. The number of carbonyl (C=O) groups is 3. The number of carboxylic acid groups (broad SMARTS) is 1. The van der Waals surface area contributed by atoms with Crippen molar-refractivity contribution in [1.82, 2.24) is 15.2 Å². The van der Waals surface area contributed by atoms with E-state index in [0.717, 1.165) is 10.8 Å². The summed E-state index contributed by atoms with van der Waals surface area (Å²) in [6.07, 6.45) is 7.09. The number of amides is 2. The number of pyridine rings is 1. The molecular formula is C23H24N4O6. The lowest BCUT2D eigenvalue weighted by atomic mass is 10.1. The number of aliphatic carboxylic acids is 1. The van der Waals surface area contributed by atoms with Gasteiger partial charge in [-0.05, 0) is 23.4 Å². The van der Waals surface area contributed by atoms with E-state index < -0.39 is 41.2 Å². The summed E-state index contributed by atoms with van der Waals surface area (Å²) in [5, 5.41) is 24.0. The van der Waals surface area contributed by atoms with Crippen LogP contribution in [-0.2, 0) is 11.3 Å². The largest absolute Gasteiger partial charge is 0.506 e. The lowest BCUT2D eigenvalue weighted by molar-refractivity contribution is -0.135. The molecule has 0 bridgehead atoms. The Balaban J connectivity index is 2.49. The predicted molar refractivity (Wildman–Crippen MR) is 122 cm³/mol. The van der Waals surface area contributed by atoms with Gasteiger partial charge < -0.3 is 31.1 Å². The van der Waals surface area contributed by atoms with Gasteiger partial charge in [-0.3, -0.25) is 19.2 Å². The zero-order valence-corrected chi connectivity index (χ0v) is 17.7. The van der Waals surface area contributed by atoms with Gasteiger partial charge in [-0.1, -0.05) is 49.1 Å². The second-order valence-corrected chi connectivity index (χ2v) is 6.78. The van der Waals surface area contributed by atoms with Crippen LogP contribution in [0.5, 0.6) is 5.75 Å². The fraction of sp³-hybridized carbons (Fsp3) is 0.130. The van der Waals surface area contributed by atoms with Crippen molar-refractivity contribution in [3.8, 4) is 5.75 Å². The Morgan fingerprint density at radius 2 is 1.76 bits per heavy atom. The number of rotatable bonds is 10. The van der Waals surface area contributed by atoms with E-state index in [0.29, 0.717) is 11.1 Å². The van der Waals surface area contributed by atoms with Crippen molar-refractivity contribution in [2.75, 3.05) is 13.1 Å². The summed E-state index contributed by atoms with van der Waals surface area (Å²) in [5.74, 6) is -4.07. The van der Waals surface area contributed by atoms with Crippen LogP contribution < -0.4 is 21.9 Å². The van der Waals surface area contributed by atoms with Gasteiger partial charge in [0, 0.05) is 12.7 Å². The smallest absolute Gasteiger partial charge is 0.322 e. The highest BCUT2D eigenvalue weighted by Gasteiger charge is 2.25. The van der Waals surface area contributed by atoms with Crippen molar-refractivity contribution in [2.24, 2.45) is 5.73 Å². The summed E-state index contributed by atoms with van der Waals surface area (Å²) in [7, 11) is 0. The van der Waals surface area contributed by atoms with E-state index in [2.05, 4.69) is 11.9 Å². The van der Waals surface area contributed by atoms with E-state index >= 15 is 0 Å². The first-order valence-corrected chi connectivity index (χ1v) is 9.76. The molecule has 2 aromatic rings. The number of hydrogen-bond donors (Lipinski definition) is 5. The minimum Gasteiger partial charge on any atom is -0.506 e. The summed E-state index contributed by atoms with van der Waals surface area (Å²) in [6.45, 7) is 2.84. The third kappa shape index (κ3) is 6.69. The second kappa shape index (κ2) is 11.7. The van der Waals surface area contributed by atoms with E-state index in [1.165, 1.54) is 12.3 Å². The zero-order valence-electron chi connectivity index (χ0n) is 17.7. The molecule has 2 rings (SSSR count). The van der Waals surface area contributed by atoms with Crippen LogP contribution in [0, 0.1) is 0 Å². The molecule has 0 saturated heterocycles. The van der Waals surface area contributed by atoms with Crippen LogP contribution in [0.2, 0.25) is 0 Å². The van der Waals surface area contributed by atoms with Gasteiger partial charge in [0.25, 0.3) is 17.4 Å². The third-order valence-electron chi connectivity index (χ3n) is 4.41. The van der Waals surface area contributed by atoms with Crippen LogP contribution >= 0.6 is 0 Å². The standard InChI is InChI=1S/C23H24N4O6/c1-2-6-15(9-10-24)11-25-21(31)17-14-27(13-16-7-4-3-5-8-16)23(33)19(20(17)30)22(32)26-12-18(28)29/h2-10,14,30H,1,11-13,24H2,(H,25,31)(H,26,32)(H,28,29)/b10-9-,15-6+. The molecule has 0 aliphatic carbocycles. The van der Waals surface area contributed by atoms with Crippen molar-refractivity contribution >= 4 is 17.8 Å². The van der Waals surface area contributed by atoms with Crippen LogP contribution in [-0.4, -0.2) is 45.7 Å². The first kappa shape index (κ1) is 24.7. The molecule has 1 heterocycles. The van der Waals surface area contributed by atoms with Crippen molar-refractivity contribution in [2.45, 2.75) is 6.54 Å². The summed E-state index contributed by atoms with van der Waals surface area (Å²) >= 11 is 0. The molecule has 0 saturated carbocycles. The minimum atomic E-state index is -1.34. The number of hydrogen-bond acceptors (Lipinski definition) is 6. The van der Waals surface area contributed by atoms with Crippen molar-refractivity contribution in [1.29, 1.82) is 0 Å². The van der Waals surface area contributed by atoms with Crippen LogP contribution in [0.15, 0.2) is 77.9 Å². The molecule has 10 heteroatoms. The quantitative estimate of drug-likeness (QED) is 0.332. The molecule has 6 N–H and O–H groups in total. The fourth-order valence-corrected chi connectivity index (χ4v) is 2.89. The monoisotopic (exact) mass is 452 g/mol. The van der Waals surface area contributed by atoms with E-state index in [1.807, 2.05) is 5.32 Å². The molecule has 2 amide bonds. The Morgan fingerprint density at radius 3 is 2.36 bits per heavy atom. The van der Waals surface area contributed by atoms with Gasteiger partial charge >= 0.3 is 5.97 Å². The normalized spacial score (nSPS) is 11.2. The molecule has 0 aliphatic heterocycles. The van der Waals surface area contributed by atoms with Crippen LogP contribution in [0.4, 0.5) is 0 Å². The SMILES string of the molecule is C=C/C=C(\C=C/N)CNC(=O)c1cn(Cc2ccccc2)c(=O)c(C(=O)NCC(=O)O)c1O. The maximum absolute atomic E-state index is 12.9. The van der Waals surface area contributed by atoms with Gasteiger partial charge in [-0.15, -0.1) is 0 Å². The fourth-order valence-electron chi connectivity index (χ4n) is 2.89. The summed E-state index contributed by atoms with van der Waals surface area (Å²) < 4.78 is 1.10. The van der Waals surface area contributed by atoms with Gasteiger partial charge in [0.05, 0.1) is 12.1 Å². The molecule has 0 radical (unpaired) electrons. The van der Waals surface area contributed by atoms with Crippen molar-refractivity contribution in [3.05, 3.63) is 100 Å². The van der Waals surface area contributed by atoms with Crippen LogP contribution in [0.3, 0.4) is 0 Å². The van der Waals surface area contributed by atoms with Crippen molar-refractivity contribution in [3.63, 3.8) is 0 Å². The molecule has 0 atom stereocenters. The highest BCUT2D eigenvalue weighted by Crippen LogP contribution is 2.20. The van der Waals surface area contributed by atoms with Crippen molar-refractivity contribution < 1.29 is 24.6 Å². The topological polar surface area (TPSA) is 164 Å². The lowest BCUT2D eigenvalue weighted by Gasteiger charge is -2.14. The first-order valence-electron chi connectivity index (χ1n) is 9.76. The Kier molecular flexibility index (Phi) is 8.75. The number of nitrogens with one attached hydrogen (secondary N) is 2. The van der Waals surface area contributed by atoms with E-state index in [9.17, 15) is 24.3 Å². The maximum atomic E-state index is 12.9. The van der Waals surface area contributed by atoms with Gasteiger partial charge in [0.15, 0.2) is 0 Å². The summed E-state index contributed by atoms with van der Waals surface area (Å²) in [5.41, 5.74) is 4.75. The van der Waals surface area contributed by atoms with Gasteiger partial charge in [-0.25, -0.2) is 0 Å². The zero-order chi connectivity index (χ0) is 24.4. The number of allylic oxidation sites excluding steroid dienone is 2. The highest BCUT2D eigenvalue weighted by atomic mass is 16.4. The Labute approximate surface area is 189 Å². The minimum absolute atomic E-state index is 0.0109. The molecule has 0 aliphatic rings. The molecule has 33 heavy (non-hydrogen) atoms. The van der Waals surface area contributed by atoms with Gasteiger partial charge in [0.2, 0.25) is 0 Å². The number of benzene rings is 1. The Bertz CT molecular complexity index is 1170. The molecular weight excluding hydrogens is 428 g/mol. The van der Waals surface area contributed by atoms with Crippen LogP contribution in [0.1, 0.15) is 26.3 Å². The summed E-state index contributed by atoms with van der Waals surface area (Å²) in [4.78, 5) is 49.0. The maximum Gasteiger partial charge on any atom is 0.322 e. The molecule has 0 fully saturated rings.